The molecule has 0 radical (unpaired) electrons. The minimum absolute atomic E-state index is 0.216. The van der Waals surface area contributed by atoms with Gasteiger partial charge in [0.05, 0.1) is 13.2 Å². The molecular formula is C14H29N3O2. The smallest absolute Gasteiger partial charge is 0.237 e. The van der Waals surface area contributed by atoms with Gasteiger partial charge < -0.3 is 10.0 Å². The Morgan fingerprint density at radius 2 is 1.53 bits per heavy atom. The molecule has 0 unspecified atom stereocenters. The minimum atomic E-state index is 0.216. The summed E-state index contributed by atoms with van der Waals surface area (Å²) in [7, 11) is 0. The molecule has 5 heteroatoms. The zero-order chi connectivity index (χ0) is 14.4. The van der Waals surface area contributed by atoms with Gasteiger partial charge in [-0.1, -0.05) is 0 Å². The predicted octanol–water partition coefficient (Wildman–Crippen LogP) is 0.242. The summed E-state index contributed by atoms with van der Waals surface area (Å²) in [6.07, 6.45) is 0. The number of nitrogens with zero attached hydrogens (tertiary/aromatic N) is 3. The monoisotopic (exact) mass is 271 g/mol. The summed E-state index contributed by atoms with van der Waals surface area (Å²) in [5.41, 5.74) is 0. The number of rotatable bonds is 6. The van der Waals surface area contributed by atoms with E-state index in [2.05, 4.69) is 37.5 Å². The van der Waals surface area contributed by atoms with Gasteiger partial charge in [0, 0.05) is 44.8 Å². The molecule has 0 aliphatic carbocycles. The molecule has 0 saturated carbocycles. The highest BCUT2D eigenvalue weighted by atomic mass is 16.3. The van der Waals surface area contributed by atoms with Crippen molar-refractivity contribution in [3.63, 3.8) is 0 Å². The molecule has 0 spiro atoms. The number of amides is 1. The van der Waals surface area contributed by atoms with E-state index < -0.39 is 0 Å². The van der Waals surface area contributed by atoms with Crippen molar-refractivity contribution in [3.05, 3.63) is 0 Å². The van der Waals surface area contributed by atoms with Gasteiger partial charge in [-0.25, -0.2) is 0 Å². The Morgan fingerprint density at radius 1 is 1.05 bits per heavy atom. The average molecular weight is 271 g/mol. The molecule has 1 aliphatic heterocycles. The zero-order valence-corrected chi connectivity index (χ0v) is 12.8. The number of carbonyl (C=O) groups is 1. The normalized spacial score (nSPS) is 18.3. The van der Waals surface area contributed by atoms with Gasteiger partial charge in [-0.15, -0.1) is 0 Å². The van der Waals surface area contributed by atoms with Crippen LogP contribution in [-0.4, -0.2) is 83.7 Å². The van der Waals surface area contributed by atoms with Gasteiger partial charge in [0.2, 0.25) is 5.91 Å². The maximum Gasteiger partial charge on any atom is 0.237 e. The third-order valence-corrected chi connectivity index (χ3v) is 3.64. The minimum Gasteiger partial charge on any atom is -0.395 e. The zero-order valence-electron chi connectivity index (χ0n) is 12.8. The number of aliphatic hydroxyl groups is 1. The fraction of sp³-hybridized carbons (Fsp3) is 0.929. The molecule has 5 nitrogen and oxygen atoms in total. The van der Waals surface area contributed by atoms with Gasteiger partial charge in [0.25, 0.3) is 0 Å². The molecule has 112 valence electrons. The second-order valence-corrected chi connectivity index (χ2v) is 5.83. The van der Waals surface area contributed by atoms with E-state index in [1.54, 1.807) is 0 Å². The highest BCUT2D eigenvalue weighted by Crippen LogP contribution is 2.08. The Kier molecular flexibility index (Phi) is 6.75. The van der Waals surface area contributed by atoms with Crippen LogP contribution in [0.3, 0.4) is 0 Å². The summed E-state index contributed by atoms with van der Waals surface area (Å²) in [6, 6.07) is 0.506. The van der Waals surface area contributed by atoms with Crippen LogP contribution in [-0.2, 0) is 4.79 Å². The van der Waals surface area contributed by atoms with E-state index in [1.165, 1.54) is 0 Å². The van der Waals surface area contributed by atoms with Crippen molar-refractivity contribution in [2.45, 2.75) is 39.8 Å². The third-order valence-electron chi connectivity index (χ3n) is 3.64. The molecule has 1 amide bonds. The van der Waals surface area contributed by atoms with Crippen LogP contribution in [0.15, 0.2) is 0 Å². The first-order valence-corrected chi connectivity index (χ1v) is 7.32. The number of carbonyl (C=O) groups excluding carboxylic acids is 1. The molecule has 1 N–H and O–H groups in total. The summed E-state index contributed by atoms with van der Waals surface area (Å²) in [4.78, 5) is 18.7. The molecule has 1 rings (SSSR count). The second kappa shape index (κ2) is 7.82. The first-order valence-electron chi connectivity index (χ1n) is 7.32. The number of hydrogen-bond acceptors (Lipinski definition) is 4. The predicted molar refractivity (Wildman–Crippen MR) is 77.1 cm³/mol. The SMILES string of the molecule is CC(C)N(C(=O)CN1CCN(CCO)CC1)C(C)C. The van der Waals surface area contributed by atoms with Crippen molar-refractivity contribution in [3.8, 4) is 0 Å². The molecule has 1 saturated heterocycles. The summed E-state index contributed by atoms with van der Waals surface area (Å²) in [5.74, 6) is 0.223. The van der Waals surface area contributed by atoms with Crippen LogP contribution in [0, 0.1) is 0 Å². The summed E-state index contributed by atoms with van der Waals surface area (Å²) in [5, 5.41) is 8.91. The lowest BCUT2D eigenvalue weighted by atomic mass is 10.2. The molecule has 1 fully saturated rings. The Hall–Kier alpha value is -0.650. The topological polar surface area (TPSA) is 47.0 Å². The highest BCUT2D eigenvalue weighted by molar-refractivity contribution is 5.78. The maximum atomic E-state index is 12.3. The van der Waals surface area contributed by atoms with Crippen molar-refractivity contribution >= 4 is 5.91 Å². The second-order valence-electron chi connectivity index (χ2n) is 5.83. The van der Waals surface area contributed by atoms with Crippen LogP contribution < -0.4 is 0 Å². The summed E-state index contributed by atoms with van der Waals surface area (Å²) >= 11 is 0. The van der Waals surface area contributed by atoms with E-state index in [9.17, 15) is 4.79 Å². The maximum absolute atomic E-state index is 12.3. The lowest BCUT2D eigenvalue weighted by Gasteiger charge is -2.37. The quantitative estimate of drug-likeness (QED) is 0.752. The lowest BCUT2D eigenvalue weighted by molar-refractivity contribution is -0.136. The van der Waals surface area contributed by atoms with Gasteiger partial charge in [-0.3, -0.25) is 14.6 Å². The third kappa shape index (κ3) is 5.09. The Balaban J connectivity index is 2.41. The Labute approximate surface area is 117 Å². The highest BCUT2D eigenvalue weighted by Gasteiger charge is 2.24. The average Bonchev–Trinajstić information content (AvgIpc) is 2.31. The van der Waals surface area contributed by atoms with E-state index in [-0.39, 0.29) is 24.6 Å². The summed E-state index contributed by atoms with van der Waals surface area (Å²) in [6.45, 7) is 13.4. The number of aliphatic hydroxyl groups excluding tert-OH is 1. The van der Waals surface area contributed by atoms with Crippen molar-refractivity contribution in [1.29, 1.82) is 0 Å². The molecule has 1 heterocycles. The van der Waals surface area contributed by atoms with Crippen molar-refractivity contribution in [2.24, 2.45) is 0 Å². The molecule has 0 aromatic carbocycles. The van der Waals surface area contributed by atoms with E-state index in [4.69, 9.17) is 5.11 Å². The number of β-amino-alcohol motifs (C(OH)–C–C–N with tert-alkyl or cyclic N) is 1. The molecule has 0 bridgehead atoms. The lowest BCUT2D eigenvalue weighted by Crippen LogP contribution is -2.52. The molecule has 1 aliphatic rings. The Bertz CT molecular complexity index is 266. The van der Waals surface area contributed by atoms with Crippen LogP contribution in [0.25, 0.3) is 0 Å². The molecular weight excluding hydrogens is 242 g/mol. The van der Waals surface area contributed by atoms with Crippen LogP contribution in [0.5, 0.6) is 0 Å². The number of hydrogen-bond donors (Lipinski definition) is 1. The fourth-order valence-electron chi connectivity index (χ4n) is 2.76. The van der Waals surface area contributed by atoms with E-state index in [0.717, 1.165) is 32.7 Å². The van der Waals surface area contributed by atoms with E-state index >= 15 is 0 Å². The molecule has 19 heavy (non-hydrogen) atoms. The van der Waals surface area contributed by atoms with E-state index in [1.807, 2.05) is 4.90 Å². The van der Waals surface area contributed by atoms with Crippen LogP contribution in [0.2, 0.25) is 0 Å². The van der Waals surface area contributed by atoms with Gasteiger partial charge in [-0.05, 0) is 27.7 Å². The Morgan fingerprint density at radius 3 is 1.95 bits per heavy atom. The molecule has 0 atom stereocenters. The number of piperazine rings is 1. The standard InChI is InChI=1S/C14H29N3O2/c1-12(2)17(13(3)4)14(19)11-16-7-5-15(6-8-16)9-10-18/h12-13,18H,5-11H2,1-4H3. The first-order chi connectivity index (χ1) is 8.95. The van der Waals surface area contributed by atoms with Gasteiger partial charge in [0.15, 0.2) is 0 Å². The van der Waals surface area contributed by atoms with Crippen molar-refractivity contribution < 1.29 is 9.90 Å². The van der Waals surface area contributed by atoms with Crippen LogP contribution >= 0.6 is 0 Å². The van der Waals surface area contributed by atoms with Gasteiger partial charge >= 0.3 is 0 Å². The van der Waals surface area contributed by atoms with Crippen molar-refractivity contribution in [2.75, 3.05) is 45.9 Å². The van der Waals surface area contributed by atoms with Gasteiger partial charge in [-0.2, -0.15) is 0 Å². The van der Waals surface area contributed by atoms with E-state index in [0.29, 0.717) is 6.54 Å². The summed E-state index contributed by atoms with van der Waals surface area (Å²) < 4.78 is 0. The first kappa shape index (κ1) is 16.4. The van der Waals surface area contributed by atoms with Crippen molar-refractivity contribution in [1.82, 2.24) is 14.7 Å². The van der Waals surface area contributed by atoms with Crippen LogP contribution in [0.1, 0.15) is 27.7 Å². The molecule has 0 aromatic heterocycles. The fourth-order valence-corrected chi connectivity index (χ4v) is 2.76. The van der Waals surface area contributed by atoms with Gasteiger partial charge in [0.1, 0.15) is 0 Å². The largest absolute Gasteiger partial charge is 0.395 e. The molecule has 0 aromatic rings. The van der Waals surface area contributed by atoms with Crippen LogP contribution in [0.4, 0.5) is 0 Å².